The first-order valence-electron chi connectivity index (χ1n) is 9.26. The van der Waals surface area contributed by atoms with Gasteiger partial charge in [-0.05, 0) is 25.8 Å². The van der Waals surface area contributed by atoms with Crippen LogP contribution in [-0.2, 0) is 17.9 Å². The van der Waals surface area contributed by atoms with Crippen molar-refractivity contribution < 1.29 is 14.1 Å². The Morgan fingerprint density at radius 2 is 2.14 bits per heavy atom. The summed E-state index contributed by atoms with van der Waals surface area (Å²) in [5.74, 6) is 0.800. The molecule has 4 rings (SSSR count). The summed E-state index contributed by atoms with van der Waals surface area (Å²) in [7, 11) is 0. The van der Waals surface area contributed by atoms with E-state index in [0.717, 1.165) is 12.8 Å². The molecule has 1 aliphatic rings. The maximum atomic E-state index is 12.6. The molecular formula is C18H21N7O3. The van der Waals surface area contributed by atoms with Gasteiger partial charge in [0.25, 0.3) is 11.8 Å². The highest BCUT2D eigenvalue weighted by Crippen LogP contribution is 2.18. The van der Waals surface area contributed by atoms with Gasteiger partial charge >= 0.3 is 0 Å². The number of hydrogen-bond donors (Lipinski definition) is 0. The van der Waals surface area contributed by atoms with E-state index in [1.165, 1.54) is 0 Å². The maximum Gasteiger partial charge on any atom is 0.272 e. The largest absolute Gasteiger partial charge is 0.368 e. The van der Waals surface area contributed by atoms with Crippen LogP contribution in [0.2, 0.25) is 0 Å². The molecule has 0 aromatic carbocycles. The molecule has 1 saturated heterocycles. The number of aromatic nitrogens is 6. The Kier molecular flexibility index (Phi) is 5.38. The lowest BCUT2D eigenvalue weighted by Gasteiger charge is -2.31. The zero-order valence-corrected chi connectivity index (χ0v) is 15.6. The predicted molar refractivity (Wildman–Crippen MR) is 96.9 cm³/mol. The van der Waals surface area contributed by atoms with Crippen molar-refractivity contribution in [1.29, 1.82) is 0 Å². The van der Waals surface area contributed by atoms with Crippen LogP contribution in [0.25, 0.3) is 11.5 Å². The molecule has 146 valence electrons. The predicted octanol–water partition coefficient (Wildman–Crippen LogP) is 1.56. The normalized spacial score (nSPS) is 15.1. The minimum absolute atomic E-state index is 0.0170. The second-order valence-corrected chi connectivity index (χ2v) is 6.44. The second kappa shape index (κ2) is 8.26. The Balaban J connectivity index is 1.27. The number of carbonyl (C=O) groups excluding carboxylic acids is 1. The molecule has 10 heteroatoms. The number of likely N-dealkylation sites (tertiary alicyclic amines) is 1. The quantitative estimate of drug-likeness (QED) is 0.630. The van der Waals surface area contributed by atoms with E-state index in [0.29, 0.717) is 42.7 Å². The third-order valence-electron chi connectivity index (χ3n) is 4.67. The van der Waals surface area contributed by atoms with Gasteiger partial charge < -0.3 is 14.2 Å². The molecule has 0 bridgehead atoms. The molecule has 0 radical (unpaired) electrons. The SMILES string of the molecule is CCn1nccc1C(=O)N1CCC(OCc2nc(-c3cnccn3)no2)CC1. The van der Waals surface area contributed by atoms with E-state index in [9.17, 15) is 4.79 Å². The summed E-state index contributed by atoms with van der Waals surface area (Å²) in [6.07, 6.45) is 7.96. The standard InChI is InChI=1S/C18H21N7O3/c1-2-25-15(3-6-21-25)18(26)24-9-4-13(5-10-24)27-12-16-22-17(23-28-16)14-11-19-7-8-20-14/h3,6-8,11,13H,2,4-5,9-10,12H2,1H3. The van der Waals surface area contributed by atoms with E-state index in [4.69, 9.17) is 9.26 Å². The van der Waals surface area contributed by atoms with Crippen molar-refractivity contribution in [2.75, 3.05) is 13.1 Å². The smallest absolute Gasteiger partial charge is 0.272 e. The summed E-state index contributed by atoms with van der Waals surface area (Å²) in [5.41, 5.74) is 1.18. The molecule has 1 fully saturated rings. The fourth-order valence-electron chi connectivity index (χ4n) is 3.18. The van der Waals surface area contributed by atoms with Crippen molar-refractivity contribution in [2.45, 2.75) is 39.0 Å². The summed E-state index contributed by atoms with van der Waals surface area (Å²) >= 11 is 0. The lowest BCUT2D eigenvalue weighted by atomic mass is 10.1. The fourth-order valence-corrected chi connectivity index (χ4v) is 3.18. The maximum absolute atomic E-state index is 12.6. The Labute approximate surface area is 161 Å². The van der Waals surface area contributed by atoms with Gasteiger partial charge in [-0.1, -0.05) is 5.16 Å². The van der Waals surface area contributed by atoms with Crippen LogP contribution < -0.4 is 0 Å². The number of carbonyl (C=O) groups is 1. The first-order valence-corrected chi connectivity index (χ1v) is 9.26. The van der Waals surface area contributed by atoms with Gasteiger partial charge in [0.1, 0.15) is 18.0 Å². The van der Waals surface area contributed by atoms with Crippen LogP contribution in [-0.4, -0.2) is 59.9 Å². The minimum atomic E-state index is 0.0170. The first kappa shape index (κ1) is 18.2. The second-order valence-electron chi connectivity index (χ2n) is 6.44. The number of ether oxygens (including phenoxy) is 1. The number of rotatable bonds is 6. The van der Waals surface area contributed by atoms with Gasteiger partial charge in [0.05, 0.1) is 12.3 Å². The summed E-state index contributed by atoms with van der Waals surface area (Å²) in [4.78, 5) is 26.9. The number of hydrogen-bond acceptors (Lipinski definition) is 8. The molecular weight excluding hydrogens is 362 g/mol. The third-order valence-corrected chi connectivity index (χ3v) is 4.67. The number of aryl methyl sites for hydroxylation is 1. The van der Waals surface area contributed by atoms with Gasteiger partial charge in [-0.3, -0.25) is 14.5 Å². The van der Waals surface area contributed by atoms with E-state index in [-0.39, 0.29) is 18.6 Å². The summed E-state index contributed by atoms with van der Waals surface area (Å²) in [6, 6.07) is 1.76. The van der Waals surface area contributed by atoms with Gasteiger partial charge in [-0.15, -0.1) is 0 Å². The monoisotopic (exact) mass is 383 g/mol. The molecule has 1 aliphatic heterocycles. The molecule has 0 N–H and O–H groups in total. The molecule has 0 saturated carbocycles. The van der Waals surface area contributed by atoms with Crippen LogP contribution in [0.15, 0.2) is 35.4 Å². The van der Waals surface area contributed by atoms with Crippen molar-refractivity contribution in [1.82, 2.24) is 34.8 Å². The van der Waals surface area contributed by atoms with Crippen molar-refractivity contribution in [3.8, 4) is 11.5 Å². The Bertz CT molecular complexity index is 916. The van der Waals surface area contributed by atoms with E-state index in [1.54, 1.807) is 35.5 Å². The molecule has 4 heterocycles. The summed E-state index contributed by atoms with van der Waals surface area (Å²) < 4.78 is 12.8. The van der Waals surface area contributed by atoms with Crippen molar-refractivity contribution in [2.24, 2.45) is 0 Å². The van der Waals surface area contributed by atoms with E-state index < -0.39 is 0 Å². The summed E-state index contributed by atoms with van der Waals surface area (Å²) in [6.45, 7) is 4.17. The Morgan fingerprint density at radius 1 is 1.29 bits per heavy atom. The van der Waals surface area contributed by atoms with Crippen molar-refractivity contribution in [3.63, 3.8) is 0 Å². The minimum Gasteiger partial charge on any atom is -0.368 e. The van der Waals surface area contributed by atoms with Crippen LogP contribution >= 0.6 is 0 Å². The molecule has 28 heavy (non-hydrogen) atoms. The lowest BCUT2D eigenvalue weighted by molar-refractivity contribution is -0.00998. The van der Waals surface area contributed by atoms with Gasteiger partial charge in [-0.25, -0.2) is 4.98 Å². The molecule has 0 aliphatic carbocycles. The van der Waals surface area contributed by atoms with E-state index in [1.807, 2.05) is 11.8 Å². The lowest BCUT2D eigenvalue weighted by Crippen LogP contribution is -2.41. The van der Waals surface area contributed by atoms with E-state index >= 15 is 0 Å². The zero-order chi connectivity index (χ0) is 19.3. The molecule has 0 unspecified atom stereocenters. The molecule has 3 aromatic rings. The molecule has 10 nitrogen and oxygen atoms in total. The molecule has 0 atom stereocenters. The zero-order valence-electron chi connectivity index (χ0n) is 15.6. The van der Waals surface area contributed by atoms with Gasteiger partial charge in [0, 0.05) is 38.2 Å². The van der Waals surface area contributed by atoms with Crippen LogP contribution in [0.1, 0.15) is 36.1 Å². The molecule has 1 amide bonds. The van der Waals surface area contributed by atoms with E-state index in [2.05, 4.69) is 25.2 Å². The number of nitrogens with zero attached hydrogens (tertiary/aromatic N) is 7. The Hall–Kier alpha value is -3.14. The van der Waals surface area contributed by atoms with Gasteiger partial charge in [0.15, 0.2) is 0 Å². The highest BCUT2D eigenvalue weighted by Gasteiger charge is 2.26. The number of amides is 1. The fraction of sp³-hybridized carbons (Fsp3) is 0.444. The van der Waals surface area contributed by atoms with Crippen molar-refractivity contribution >= 4 is 5.91 Å². The highest BCUT2D eigenvalue weighted by molar-refractivity contribution is 5.92. The van der Waals surface area contributed by atoms with Crippen LogP contribution in [0.4, 0.5) is 0 Å². The Morgan fingerprint density at radius 3 is 2.89 bits per heavy atom. The number of piperidine rings is 1. The van der Waals surface area contributed by atoms with Crippen LogP contribution in [0, 0.1) is 0 Å². The van der Waals surface area contributed by atoms with Gasteiger partial charge in [0.2, 0.25) is 5.82 Å². The average molecular weight is 383 g/mol. The summed E-state index contributed by atoms with van der Waals surface area (Å²) in [5, 5.41) is 8.07. The van der Waals surface area contributed by atoms with Crippen molar-refractivity contribution in [3.05, 3.63) is 42.4 Å². The average Bonchev–Trinajstić information content (AvgIpc) is 3.42. The van der Waals surface area contributed by atoms with Crippen LogP contribution in [0.3, 0.4) is 0 Å². The first-order chi connectivity index (χ1) is 13.7. The molecule has 0 spiro atoms. The van der Waals surface area contributed by atoms with Crippen LogP contribution in [0.5, 0.6) is 0 Å². The third kappa shape index (κ3) is 3.91. The molecule has 3 aromatic heterocycles. The van der Waals surface area contributed by atoms with Gasteiger partial charge in [-0.2, -0.15) is 10.1 Å². The topological polar surface area (TPSA) is 112 Å². The highest BCUT2D eigenvalue weighted by atomic mass is 16.5.